The van der Waals surface area contributed by atoms with E-state index in [-0.39, 0.29) is 10.9 Å². The molecule has 0 aliphatic carbocycles. The maximum absolute atomic E-state index is 12.5. The summed E-state index contributed by atoms with van der Waals surface area (Å²) >= 11 is 0. The summed E-state index contributed by atoms with van der Waals surface area (Å²) in [6.07, 6.45) is 0. The summed E-state index contributed by atoms with van der Waals surface area (Å²) < 4.78 is 38.0. The van der Waals surface area contributed by atoms with Gasteiger partial charge in [-0.25, -0.2) is 13.1 Å². The van der Waals surface area contributed by atoms with Gasteiger partial charge in [0.1, 0.15) is 10.6 Å². The lowest BCUT2D eigenvalue weighted by Gasteiger charge is -2.36. The smallest absolute Gasteiger partial charge is 0.246 e. The van der Waals surface area contributed by atoms with Crippen molar-refractivity contribution in [1.29, 1.82) is 0 Å². The minimum absolute atomic E-state index is 0.138. The van der Waals surface area contributed by atoms with Crippen LogP contribution in [0.15, 0.2) is 9.42 Å². The van der Waals surface area contributed by atoms with Gasteiger partial charge in [-0.3, -0.25) is 4.90 Å². The zero-order valence-corrected chi connectivity index (χ0v) is 14.4. The Bertz CT molecular complexity index is 572. The molecular weight excluding hydrogens is 306 g/mol. The molecule has 1 atom stereocenters. The van der Waals surface area contributed by atoms with Gasteiger partial charge < -0.3 is 9.26 Å². The molecule has 2 rings (SSSR count). The summed E-state index contributed by atoms with van der Waals surface area (Å²) in [6.45, 7) is 10.9. The number of sulfonamides is 1. The third kappa shape index (κ3) is 3.87. The molecule has 126 valence electrons. The molecule has 1 aromatic heterocycles. The van der Waals surface area contributed by atoms with Crippen LogP contribution in [0.25, 0.3) is 0 Å². The van der Waals surface area contributed by atoms with Crippen LogP contribution in [0, 0.1) is 19.8 Å². The van der Waals surface area contributed by atoms with Crippen LogP contribution < -0.4 is 4.72 Å². The fourth-order valence-electron chi connectivity index (χ4n) is 2.82. The number of ether oxygens (including phenoxy) is 1. The molecule has 1 unspecified atom stereocenters. The van der Waals surface area contributed by atoms with E-state index in [4.69, 9.17) is 9.26 Å². The van der Waals surface area contributed by atoms with Gasteiger partial charge in [0.2, 0.25) is 10.0 Å². The third-order valence-corrected chi connectivity index (χ3v) is 5.67. The maximum atomic E-state index is 12.5. The zero-order valence-electron chi connectivity index (χ0n) is 13.6. The molecule has 2 heterocycles. The van der Waals surface area contributed by atoms with Crippen LogP contribution in [-0.2, 0) is 14.8 Å². The fraction of sp³-hybridized carbons (Fsp3) is 0.786. The largest absolute Gasteiger partial charge is 0.379 e. The average Bonchev–Trinajstić information content (AvgIpc) is 2.79. The minimum Gasteiger partial charge on any atom is -0.379 e. The van der Waals surface area contributed by atoms with Gasteiger partial charge in [0.15, 0.2) is 5.76 Å². The first-order valence-electron chi connectivity index (χ1n) is 7.57. The Morgan fingerprint density at radius 2 is 1.91 bits per heavy atom. The van der Waals surface area contributed by atoms with E-state index < -0.39 is 10.0 Å². The van der Waals surface area contributed by atoms with Crippen LogP contribution in [0.1, 0.15) is 25.3 Å². The summed E-state index contributed by atoms with van der Waals surface area (Å²) in [7, 11) is -3.61. The number of nitrogens with one attached hydrogen (secondary N) is 1. The second kappa shape index (κ2) is 7.08. The van der Waals surface area contributed by atoms with Crippen molar-refractivity contribution in [3.8, 4) is 0 Å². The summed E-state index contributed by atoms with van der Waals surface area (Å²) in [5.74, 6) is 0.655. The van der Waals surface area contributed by atoms with Crippen molar-refractivity contribution in [2.24, 2.45) is 5.92 Å². The quantitative estimate of drug-likeness (QED) is 0.835. The molecule has 1 saturated heterocycles. The first-order valence-corrected chi connectivity index (χ1v) is 9.05. The summed E-state index contributed by atoms with van der Waals surface area (Å²) in [5, 5.41) is 3.71. The SMILES string of the molecule is Cc1noc(C)c1S(=O)(=O)NCC(C(C)C)N1CCOCC1. The molecule has 0 radical (unpaired) electrons. The summed E-state index contributed by atoms with van der Waals surface area (Å²) in [4.78, 5) is 2.43. The molecular formula is C14H25N3O4S. The van der Waals surface area contributed by atoms with Crippen LogP contribution in [0.3, 0.4) is 0 Å². The van der Waals surface area contributed by atoms with Gasteiger partial charge in [0, 0.05) is 25.7 Å². The molecule has 0 aromatic carbocycles. The van der Waals surface area contributed by atoms with Crippen molar-refractivity contribution >= 4 is 10.0 Å². The van der Waals surface area contributed by atoms with Gasteiger partial charge in [-0.15, -0.1) is 0 Å². The highest BCUT2D eigenvalue weighted by Crippen LogP contribution is 2.19. The number of aromatic nitrogens is 1. The van der Waals surface area contributed by atoms with Gasteiger partial charge in [0.05, 0.1) is 13.2 Å². The zero-order chi connectivity index (χ0) is 16.3. The third-order valence-electron chi connectivity index (χ3n) is 4.00. The van der Waals surface area contributed by atoms with Crippen LogP contribution in [0.5, 0.6) is 0 Å². The highest BCUT2D eigenvalue weighted by Gasteiger charge is 2.28. The van der Waals surface area contributed by atoms with Gasteiger partial charge in [-0.1, -0.05) is 19.0 Å². The lowest BCUT2D eigenvalue weighted by atomic mass is 10.0. The highest BCUT2D eigenvalue weighted by molar-refractivity contribution is 7.89. The van der Waals surface area contributed by atoms with Crippen LogP contribution in [-0.4, -0.2) is 57.4 Å². The van der Waals surface area contributed by atoms with E-state index in [1.165, 1.54) is 0 Å². The number of hydrogen-bond acceptors (Lipinski definition) is 6. The van der Waals surface area contributed by atoms with E-state index >= 15 is 0 Å². The van der Waals surface area contributed by atoms with E-state index in [1.54, 1.807) is 13.8 Å². The second-order valence-corrected chi connectivity index (χ2v) is 7.67. The summed E-state index contributed by atoms with van der Waals surface area (Å²) in [6, 6.07) is 0.138. The van der Waals surface area contributed by atoms with Gasteiger partial charge >= 0.3 is 0 Å². The molecule has 1 fully saturated rings. The van der Waals surface area contributed by atoms with E-state index in [9.17, 15) is 8.42 Å². The topological polar surface area (TPSA) is 84.7 Å². The summed E-state index contributed by atoms with van der Waals surface area (Å²) in [5.41, 5.74) is 0.387. The van der Waals surface area contributed by atoms with Gasteiger partial charge in [-0.2, -0.15) is 0 Å². The predicted molar refractivity (Wildman–Crippen MR) is 82.2 cm³/mol. The van der Waals surface area contributed by atoms with E-state index in [0.717, 1.165) is 13.1 Å². The first-order chi connectivity index (χ1) is 10.3. The molecule has 1 aromatic rings. The highest BCUT2D eigenvalue weighted by atomic mass is 32.2. The molecule has 7 nitrogen and oxygen atoms in total. The number of morpholine rings is 1. The molecule has 1 aliphatic heterocycles. The molecule has 8 heteroatoms. The van der Waals surface area contributed by atoms with Gasteiger partial charge in [0.25, 0.3) is 0 Å². The molecule has 1 N–H and O–H groups in total. The molecule has 1 aliphatic rings. The molecule has 0 amide bonds. The standard InChI is InChI=1S/C14H25N3O4S/c1-10(2)13(17-5-7-20-8-6-17)9-15-22(18,19)14-11(3)16-21-12(14)4/h10,13,15H,5-9H2,1-4H3. The molecule has 0 spiro atoms. The number of hydrogen-bond donors (Lipinski definition) is 1. The first kappa shape index (κ1) is 17.4. The fourth-order valence-corrected chi connectivity index (χ4v) is 4.20. The predicted octanol–water partition coefficient (Wildman–Crippen LogP) is 0.927. The van der Waals surface area contributed by atoms with Crippen molar-refractivity contribution < 1.29 is 17.7 Å². The second-order valence-electron chi connectivity index (χ2n) is 5.96. The monoisotopic (exact) mass is 331 g/mol. The molecule has 22 heavy (non-hydrogen) atoms. The molecule has 0 saturated carbocycles. The van der Waals surface area contributed by atoms with Crippen molar-refractivity contribution in [2.75, 3.05) is 32.8 Å². The van der Waals surface area contributed by atoms with Crippen LogP contribution in [0.2, 0.25) is 0 Å². The van der Waals surface area contributed by atoms with Crippen molar-refractivity contribution in [1.82, 2.24) is 14.8 Å². The Labute approximate surface area is 132 Å². The normalized spacial score (nSPS) is 18.8. The van der Waals surface area contributed by atoms with E-state index in [0.29, 0.717) is 37.1 Å². The lowest BCUT2D eigenvalue weighted by Crippen LogP contribution is -2.51. The Hall–Kier alpha value is -0.960. The number of nitrogens with zero attached hydrogens (tertiary/aromatic N) is 2. The average molecular weight is 331 g/mol. The minimum atomic E-state index is -3.61. The van der Waals surface area contributed by atoms with E-state index in [1.807, 2.05) is 0 Å². The number of aryl methyl sites for hydroxylation is 2. The van der Waals surface area contributed by atoms with Crippen molar-refractivity contribution in [3.63, 3.8) is 0 Å². The van der Waals surface area contributed by atoms with Gasteiger partial charge in [-0.05, 0) is 19.8 Å². The van der Waals surface area contributed by atoms with Crippen molar-refractivity contribution in [3.05, 3.63) is 11.5 Å². The lowest BCUT2D eigenvalue weighted by molar-refractivity contribution is 0.00776. The van der Waals surface area contributed by atoms with Crippen LogP contribution >= 0.6 is 0 Å². The Morgan fingerprint density at radius 3 is 2.41 bits per heavy atom. The molecule has 0 bridgehead atoms. The van der Waals surface area contributed by atoms with Crippen LogP contribution in [0.4, 0.5) is 0 Å². The maximum Gasteiger partial charge on any atom is 0.246 e. The Morgan fingerprint density at radius 1 is 1.27 bits per heavy atom. The van der Waals surface area contributed by atoms with Crippen molar-refractivity contribution in [2.45, 2.75) is 38.6 Å². The Balaban J connectivity index is 2.08. The van der Waals surface area contributed by atoms with E-state index in [2.05, 4.69) is 28.6 Å². The Kier molecular flexibility index (Phi) is 5.60. The number of rotatable bonds is 6.